The van der Waals surface area contributed by atoms with Crippen LogP contribution in [0.5, 0.6) is 5.75 Å². The van der Waals surface area contributed by atoms with Gasteiger partial charge in [-0.2, -0.15) is 0 Å². The molecule has 3 rings (SSSR count). The lowest BCUT2D eigenvalue weighted by molar-refractivity contribution is -0.141. The van der Waals surface area contributed by atoms with Crippen LogP contribution >= 0.6 is 11.6 Å². The number of carboxylic acid groups (broad SMARTS) is 1. The van der Waals surface area contributed by atoms with Gasteiger partial charge in [-0.05, 0) is 59.0 Å². The third-order valence-corrected chi connectivity index (χ3v) is 5.72. The predicted molar refractivity (Wildman–Crippen MR) is 126 cm³/mol. The van der Waals surface area contributed by atoms with Gasteiger partial charge in [0.25, 0.3) is 0 Å². The molecule has 3 aromatic carbocycles. The summed E-state index contributed by atoms with van der Waals surface area (Å²) in [5.41, 5.74) is 4.85. The molecule has 0 fully saturated rings. The van der Waals surface area contributed by atoms with Crippen LogP contribution in [0, 0.1) is 6.92 Å². The molecule has 1 N–H and O–H groups in total. The number of halogens is 1. The fraction of sp³-hybridized carbons (Fsp3) is 0.231. The maximum absolute atomic E-state index is 12.4. The van der Waals surface area contributed by atoms with Gasteiger partial charge in [0, 0.05) is 19.1 Å². The molecule has 6 heteroatoms. The molecule has 0 radical (unpaired) electrons. The standard InChI is InChI=1S/C26H26ClNO4/c1-17-22(8-5-9-24(17)27)20-7-4-6-18(14-20)16-32-21-12-10-19(11-13-21)23(15-25(29)30)26(31)28(2)3/h4-14,23H,15-16H2,1-3H3,(H,29,30). The number of nitrogens with zero attached hydrogens (tertiary/aromatic N) is 1. The first-order valence-corrected chi connectivity index (χ1v) is 10.6. The molecule has 1 amide bonds. The summed E-state index contributed by atoms with van der Waals surface area (Å²) in [6.45, 7) is 2.38. The maximum atomic E-state index is 12.4. The maximum Gasteiger partial charge on any atom is 0.304 e. The van der Waals surface area contributed by atoms with Crippen LogP contribution in [-0.2, 0) is 16.2 Å². The Balaban J connectivity index is 1.72. The van der Waals surface area contributed by atoms with Crippen molar-refractivity contribution in [2.45, 2.75) is 25.9 Å². The Kier molecular flexibility index (Phi) is 7.54. The number of rotatable bonds is 8. The summed E-state index contributed by atoms with van der Waals surface area (Å²) in [4.78, 5) is 25.0. The van der Waals surface area contributed by atoms with Gasteiger partial charge in [0.1, 0.15) is 12.4 Å². The molecular weight excluding hydrogens is 426 g/mol. The number of aliphatic carboxylic acids is 1. The van der Waals surface area contributed by atoms with Gasteiger partial charge in [-0.1, -0.05) is 54.1 Å². The number of carbonyl (C=O) groups excluding carboxylic acids is 1. The van der Waals surface area contributed by atoms with Crippen LogP contribution in [0.4, 0.5) is 0 Å². The van der Waals surface area contributed by atoms with E-state index in [-0.39, 0.29) is 12.3 Å². The topological polar surface area (TPSA) is 66.8 Å². The van der Waals surface area contributed by atoms with Gasteiger partial charge in [-0.15, -0.1) is 0 Å². The van der Waals surface area contributed by atoms with Crippen LogP contribution in [0.3, 0.4) is 0 Å². The normalized spacial score (nSPS) is 11.6. The van der Waals surface area contributed by atoms with Crippen molar-refractivity contribution < 1.29 is 19.4 Å². The van der Waals surface area contributed by atoms with Crippen LogP contribution in [-0.4, -0.2) is 36.0 Å². The van der Waals surface area contributed by atoms with Gasteiger partial charge in [0.05, 0.1) is 12.3 Å². The Hall–Kier alpha value is -3.31. The van der Waals surface area contributed by atoms with Crippen molar-refractivity contribution in [3.8, 4) is 16.9 Å². The predicted octanol–water partition coefficient (Wildman–Crippen LogP) is 5.54. The van der Waals surface area contributed by atoms with E-state index in [1.54, 1.807) is 38.4 Å². The summed E-state index contributed by atoms with van der Waals surface area (Å²) in [5, 5.41) is 9.91. The van der Waals surface area contributed by atoms with Crippen molar-refractivity contribution in [3.05, 3.63) is 88.4 Å². The van der Waals surface area contributed by atoms with E-state index in [0.717, 1.165) is 27.3 Å². The fourth-order valence-corrected chi connectivity index (χ4v) is 3.72. The number of ether oxygens (including phenoxy) is 1. The average Bonchev–Trinajstić information content (AvgIpc) is 2.78. The van der Waals surface area contributed by atoms with Crippen LogP contribution in [0.2, 0.25) is 5.02 Å². The molecule has 5 nitrogen and oxygen atoms in total. The fourth-order valence-electron chi connectivity index (χ4n) is 3.55. The monoisotopic (exact) mass is 451 g/mol. The van der Waals surface area contributed by atoms with Crippen molar-refractivity contribution >= 4 is 23.5 Å². The summed E-state index contributed by atoms with van der Waals surface area (Å²) >= 11 is 6.26. The smallest absolute Gasteiger partial charge is 0.304 e. The SMILES string of the molecule is Cc1c(Cl)cccc1-c1cccc(COc2ccc(C(CC(=O)O)C(=O)N(C)C)cc2)c1. The van der Waals surface area contributed by atoms with Crippen molar-refractivity contribution in [2.75, 3.05) is 14.1 Å². The van der Waals surface area contributed by atoms with Gasteiger partial charge < -0.3 is 14.7 Å². The second-order valence-corrected chi connectivity index (χ2v) is 8.26. The van der Waals surface area contributed by atoms with Gasteiger partial charge in [0.15, 0.2) is 0 Å². The van der Waals surface area contributed by atoms with Gasteiger partial charge in [0.2, 0.25) is 5.91 Å². The zero-order valence-corrected chi connectivity index (χ0v) is 19.1. The summed E-state index contributed by atoms with van der Waals surface area (Å²) in [6.07, 6.45) is -0.257. The summed E-state index contributed by atoms with van der Waals surface area (Å²) in [6, 6.07) is 21.0. The van der Waals surface area contributed by atoms with E-state index in [1.165, 1.54) is 4.90 Å². The highest BCUT2D eigenvalue weighted by Crippen LogP contribution is 2.29. The average molecular weight is 452 g/mol. The van der Waals surface area contributed by atoms with E-state index in [4.69, 9.17) is 16.3 Å². The molecule has 1 unspecified atom stereocenters. The number of benzene rings is 3. The summed E-state index contributed by atoms with van der Waals surface area (Å²) in [5.74, 6) is -1.34. The highest BCUT2D eigenvalue weighted by Gasteiger charge is 2.25. The summed E-state index contributed by atoms with van der Waals surface area (Å²) < 4.78 is 5.92. The van der Waals surface area contributed by atoms with Gasteiger partial charge in [-0.25, -0.2) is 0 Å². The quantitative estimate of drug-likeness (QED) is 0.488. The minimum atomic E-state index is -1.01. The first-order valence-electron chi connectivity index (χ1n) is 10.3. The molecule has 0 saturated carbocycles. The Bertz CT molecular complexity index is 1110. The number of carbonyl (C=O) groups is 2. The molecule has 0 aromatic heterocycles. The Labute approximate surface area is 193 Å². The third kappa shape index (κ3) is 5.68. The number of likely N-dealkylation sites (N-methyl/N-ethyl adjacent to an activating group) is 1. The molecule has 3 aromatic rings. The van der Waals surface area contributed by atoms with Crippen LogP contribution in [0.15, 0.2) is 66.7 Å². The molecule has 0 aliphatic heterocycles. The molecule has 0 saturated heterocycles. The molecule has 32 heavy (non-hydrogen) atoms. The lowest BCUT2D eigenvalue weighted by Gasteiger charge is -2.19. The number of carboxylic acids is 1. The molecule has 0 bridgehead atoms. The largest absolute Gasteiger partial charge is 0.489 e. The highest BCUT2D eigenvalue weighted by atomic mass is 35.5. The first kappa shape index (κ1) is 23.4. The van der Waals surface area contributed by atoms with Gasteiger partial charge in [-0.3, -0.25) is 9.59 Å². The first-order chi connectivity index (χ1) is 15.3. The molecular formula is C26H26ClNO4. The van der Waals surface area contributed by atoms with Crippen LogP contribution in [0.25, 0.3) is 11.1 Å². The Morgan fingerprint density at radius 2 is 1.72 bits per heavy atom. The van der Waals surface area contributed by atoms with E-state index in [0.29, 0.717) is 17.9 Å². The van der Waals surface area contributed by atoms with Crippen LogP contribution in [0.1, 0.15) is 29.0 Å². The highest BCUT2D eigenvalue weighted by molar-refractivity contribution is 6.31. The zero-order valence-electron chi connectivity index (χ0n) is 18.3. The third-order valence-electron chi connectivity index (χ3n) is 5.31. The number of amides is 1. The van der Waals surface area contributed by atoms with E-state index in [9.17, 15) is 14.7 Å². The molecule has 166 valence electrons. The molecule has 1 atom stereocenters. The van der Waals surface area contributed by atoms with Crippen molar-refractivity contribution in [1.82, 2.24) is 4.90 Å². The van der Waals surface area contributed by atoms with E-state index >= 15 is 0 Å². The van der Waals surface area contributed by atoms with Gasteiger partial charge >= 0.3 is 5.97 Å². The summed E-state index contributed by atoms with van der Waals surface area (Å²) in [7, 11) is 3.24. The lowest BCUT2D eigenvalue weighted by Crippen LogP contribution is -2.29. The minimum absolute atomic E-state index is 0.241. The molecule has 0 aliphatic carbocycles. The van der Waals surface area contributed by atoms with E-state index in [1.807, 2.05) is 43.3 Å². The number of hydrogen-bond acceptors (Lipinski definition) is 3. The van der Waals surface area contributed by atoms with Crippen molar-refractivity contribution in [1.29, 1.82) is 0 Å². The van der Waals surface area contributed by atoms with E-state index < -0.39 is 11.9 Å². The zero-order chi connectivity index (χ0) is 23.3. The molecule has 0 heterocycles. The second kappa shape index (κ2) is 10.3. The number of hydrogen-bond donors (Lipinski definition) is 1. The second-order valence-electron chi connectivity index (χ2n) is 7.85. The van der Waals surface area contributed by atoms with Crippen LogP contribution < -0.4 is 4.74 Å². The van der Waals surface area contributed by atoms with E-state index in [2.05, 4.69) is 6.07 Å². The lowest BCUT2D eigenvalue weighted by atomic mass is 9.94. The van der Waals surface area contributed by atoms with Crippen molar-refractivity contribution in [3.63, 3.8) is 0 Å². The van der Waals surface area contributed by atoms with Crippen molar-refractivity contribution in [2.24, 2.45) is 0 Å². The Morgan fingerprint density at radius 3 is 2.38 bits per heavy atom. The Morgan fingerprint density at radius 1 is 1.03 bits per heavy atom. The molecule has 0 spiro atoms. The molecule has 0 aliphatic rings. The minimum Gasteiger partial charge on any atom is -0.489 e.